The number of nitrogens with two attached hydrogens (primary N) is 1. The number of hydrogen-bond donors (Lipinski definition) is 2. The first-order valence-electron chi connectivity index (χ1n) is 7.28. The molecule has 0 bridgehead atoms. The van der Waals surface area contributed by atoms with Gasteiger partial charge in [-0.3, -0.25) is 0 Å². The Morgan fingerprint density at radius 1 is 1.04 bits per heavy atom. The fraction of sp³-hybridized carbons (Fsp3) is 0. The van der Waals surface area contributed by atoms with E-state index in [1.807, 2.05) is 36.4 Å². The van der Waals surface area contributed by atoms with Gasteiger partial charge in [-0.2, -0.15) is 0 Å². The molecule has 0 amide bonds. The van der Waals surface area contributed by atoms with Crippen LogP contribution in [0.5, 0.6) is 0 Å². The molecule has 0 spiro atoms. The summed E-state index contributed by atoms with van der Waals surface area (Å²) in [5.74, 6) is 0.373. The molecule has 4 nitrogen and oxygen atoms in total. The number of nitrogens with zero attached hydrogens (tertiary/aromatic N) is 2. The lowest BCUT2D eigenvalue weighted by Gasteiger charge is -2.06. The number of aromatic nitrogens is 3. The van der Waals surface area contributed by atoms with Crippen molar-refractivity contribution in [3.8, 4) is 22.5 Å². The van der Waals surface area contributed by atoms with Gasteiger partial charge in [-0.25, -0.2) is 14.4 Å². The van der Waals surface area contributed by atoms with Gasteiger partial charge in [0.25, 0.3) is 0 Å². The molecule has 0 fully saturated rings. The number of rotatable bonds is 2. The van der Waals surface area contributed by atoms with Gasteiger partial charge in [0.05, 0.1) is 21.6 Å². The minimum atomic E-state index is -0.497. The maximum Gasteiger partial charge on any atom is 0.144 e. The van der Waals surface area contributed by atoms with Crippen molar-refractivity contribution >= 4 is 40.9 Å². The molecular formula is C18H13Cl2FN4. The topological polar surface area (TPSA) is 67.6 Å². The van der Waals surface area contributed by atoms with Crippen LogP contribution in [0.25, 0.3) is 33.5 Å². The van der Waals surface area contributed by atoms with Crippen molar-refractivity contribution in [3.63, 3.8) is 0 Å². The van der Waals surface area contributed by atoms with Crippen molar-refractivity contribution in [2.75, 3.05) is 5.73 Å². The van der Waals surface area contributed by atoms with E-state index in [9.17, 15) is 4.39 Å². The summed E-state index contributed by atoms with van der Waals surface area (Å²) in [6.45, 7) is 0. The molecule has 0 aliphatic rings. The number of benzene rings is 2. The molecule has 126 valence electrons. The maximum absolute atomic E-state index is 13.6. The Labute approximate surface area is 154 Å². The largest absolute Gasteiger partial charge is 0.383 e. The second kappa shape index (κ2) is 6.70. The highest BCUT2D eigenvalue weighted by Crippen LogP contribution is 2.30. The smallest absolute Gasteiger partial charge is 0.144 e. The van der Waals surface area contributed by atoms with Gasteiger partial charge >= 0.3 is 0 Å². The summed E-state index contributed by atoms with van der Waals surface area (Å²) in [5.41, 5.74) is 9.73. The Balaban J connectivity index is 0.00000182. The minimum absolute atomic E-state index is 0. The summed E-state index contributed by atoms with van der Waals surface area (Å²) in [6, 6.07) is 14.6. The zero-order valence-electron chi connectivity index (χ0n) is 12.8. The summed E-state index contributed by atoms with van der Waals surface area (Å²) in [7, 11) is 0. The Kier molecular flexibility index (Phi) is 4.61. The molecule has 0 atom stereocenters. The summed E-state index contributed by atoms with van der Waals surface area (Å²) in [5, 5.41) is 0.0321. The Bertz CT molecular complexity index is 1010. The van der Waals surface area contributed by atoms with Crippen LogP contribution in [0.15, 0.2) is 54.7 Å². The fourth-order valence-corrected chi connectivity index (χ4v) is 2.74. The quantitative estimate of drug-likeness (QED) is 0.513. The molecule has 3 N–H and O–H groups in total. The molecule has 2 aromatic carbocycles. The second-order valence-electron chi connectivity index (χ2n) is 5.39. The number of pyridine rings is 1. The lowest BCUT2D eigenvalue weighted by Crippen LogP contribution is -1.96. The molecule has 0 saturated carbocycles. The van der Waals surface area contributed by atoms with Gasteiger partial charge in [0, 0.05) is 17.8 Å². The van der Waals surface area contributed by atoms with Crippen LogP contribution in [-0.2, 0) is 0 Å². The van der Waals surface area contributed by atoms with E-state index in [0.717, 1.165) is 11.1 Å². The lowest BCUT2D eigenvalue weighted by molar-refractivity contribution is 0.630. The first kappa shape index (κ1) is 17.2. The first-order valence-corrected chi connectivity index (χ1v) is 7.66. The number of fused-ring (bicyclic) bond motifs is 1. The standard InChI is InChI=1S/C18H12ClFN4.ClH/c19-13-7-15-16(8-14(13)20)24-18(23-15)12-6-11(9-22-17(12)21)10-4-2-1-3-5-10;/h1-9H,(H2,21,22)(H,23,24);1H. The molecular weight excluding hydrogens is 362 g/mol. The van der Waals surface area contributed by atoms with E-state index >= 15 is 0 Å². The molecule has 0 saturated heterocycles. The van der Waals surface area contributed by atoms with Crippen molar-refractivity contribution in [1.29, 1.82) is 0 Å². The third kappa shape index (κ3) is 3.16. The van der Waals surface area contributed by atoms with E-state index < -0.39 is 5.82 Å². The number of halogens is 3. The van der Waals surface area contributed by atoms with Gasteiger partial charge in [-0.1, -0.05) is 41.9 Å². The molecule has 2 aromatic heterocycles. The van der Waals surface area contributed by atoms with Crippen LogP contribution in [0.3, 0.4) is 0 Å². The number of nitrogens with one attached hydrogen (secondary N) is 1. The van der Waals surface area contributed by atoms with E-state index in [1.165, 1.54) is 12.1 Å². The predicted molar refractivity (Wildman–Crippen MR) is 101 cm³/mol. The van der Waals surface area contributed by atoms with E-state index in [2.05, 4.69) is 15.0 Å². The van der Waals surface area contributed by atoms with Gasteiger partial charge in [-0.15, -0.1) is 12.4 Å². The summed E-state index contributed by atoms with van der Waals surface area (Å²) in [6.07, 6.45) is 1.72. The highest BCUT2D eigenvalue weighted by Gasteiger charge is 2.13. The van der Waals surface area contributed by atoms with Gasteiger partial charge < -0.3 is 10.7 Å². The summed E-state index contributed by atoms with van der Waals surface area (Å²) in [4.78, 5) is 11.8. The van der Waals surface area contributed by atoms with E-state index in [1.54, 1.807) is 6.20 Å². The molecule has 0 aliphatic carbocycles. The highest BCUT2D eigenvalue weighted by molar-refractivity contribution is 6.31. The number of hydrogen-bond acceptors (Lipinski definition) is 3. The van der Waals surface area contributed by atoms with Crippen LogP contribution in [0.4, 0.5) is 10.2 Å². The third-order valence-electron chi connectivity index (χ3n) is 3.80. The van der Waals surface area contributed by atoms with Gasteiger partial charge in [0.2, 0.25) is 0 Å². The summed E-state index contributed by atoms with van der Waals surface area (Å²) < 4.78 is 13.6. The van der Waals surface area contributed by atoms with Crippen molar-refractivity contribution in [2.45, 2.75) is 0 Å². The molecule has 25 heavy (non-hydrogen) atoms. The van der Waals surface area contributed by atoms with Crippen molar-refractivity contribution in [3.05, 3.63) is 65.6 Å². The van der Waals surface area contributed by atoms with Crippen molar-refractivity contribution in [1.82, 2.24) is 15.0 Å². The number of imidazole rings is 1. The van der Waals surface area contributed by atoms with Crippen LogP contribution >= 0.6 is 24.0 Å². The average molecular weight is 375 g/mol. The van der Waals surface area contributed by atoms with E-state index in [4.69, 9.17) is 17.3 Å². The zero-order valence-corrected chi connectivity index (χ0v) is 14.4. The van der Waals surface area contributed by atoms with E-state index in [-0.39, 0.29) is 17.4 Å². The molecule has 0 radical (unpaired) electrons. The number of aromatic amines is 1. The molecule has 4 rings (SSSR count). The van der Waals surface area contributed by atoms with E-state index in [0.29, 0.717) is 28.2 Å². The van der Waals surface area contributed by atoms with Crippen LogP contribution < -0.4 is 5.73 Å². The predicted octanol–water partition coefficient (Wildman–Crippen LogP) is 5.09. The van der Waals surface area contributed by atoms with Gasteiger partial charge in [-0.05, 0) is 17.7 Å². The number of nitrogen functional groups attached to an aromatic ring is 1. The highest BCUT2D eigenvalue weighted by atomic mass is 35.5. The Morgan fingerprint density at radius 3 is 2.56 bits per heavy atom. The second-order valence-corrected chi connectivity index (χ2v) is 5.80. The van der Waals surface area contributed by atoms with Crippen LogP contribution in [-0.4, -0.2) is 15.0 Å². The summed E-state index contributed by atoms with van der Waals surface area (Å²) >= 11 is 5.81. The van der Waals surface area contributed by atoms with Crippen LogP contribution in [0, 0.1) is 5.82 Å². The molecule has 0 unspecified atom stereocenters. The van der Waals surface area contributed by atoms with Crippen LogP contribution in [0.2, 0.25) is 5.02 Å². The fourth-order valence-electron chi connectivity index (χ4n) is 2.59. The molecule has 4 aromatic rings. The van der Waals surface area contributed by atoms with Crippen molar-refractivity contribution < 1.29 is 4.39 Å². The zero-order chi connectivity index (χ0) is 16.7. The molecule has 7 heteroatoms. The normalized spacial score (nSPS) is 10.6. The number of anilines is 1. The monoisotopic (exact) mass is 374 g/mol. The molecule has 2 heterocycles. The minimum Gasteiger partial charge on any atom is -0.383 e. The Morgan fingerprint density at radius 2 is 1.80 bits per heavy atom. The third-order valence-corrected chi connectivity index (χ3v) is 4.09. The number of H-pyrrole nitrogens is 1. The molecule has 0 aliphatic heterocycles. The van der Waals surface area contributed by atoms with Gasteiger partial charge in [0.1, 0.15) is 17.5 Å². The lowest BCUT2D eigenvalue weighted by atomic mass is 10.1. The van der Waals surface area contributed by atoms with Crippen molar-refractivity contribution in [2.24, 2.45) is 0 Å². The average Bonchev–Trinajstić information content (AvgIpc) is 2.99. The first-order chi connectivity index (χ1) is 11.6. The Hall–Kier alpha value is -2.63. The maximum atomic E-state index is 13.6. The van der Waals surface area contributed by atoms with Gasteiger partial charge in [0.15, 0.2) is 0 Å². The SMILES string of the molecule is Cl.Nc1ncc(-c2ccccc2)cc1-c1nc2cc(Cl)c(F)cc2[nH]1. The van der Waals surface area contributed by atoms with Crippen LogP contribution in [0.1, 0.15) is 0 Å².